The highest BCUT2D eigenvalue weighted by molar-refractivity contribution is 6.02. The Labute approximate surface area is 105 Å². The van der Waals surface area contributed by atoms with Crippen molar-refractivity contribution in [3.8, 4) is 11.1 Å². The predicted octanol–water partition coefficient (Wildman–Crippen LogP) is 3.07. The van der Waals surface area contributed by atoms with Gasteiger partial charge in [0.25, 0.3) is 0 Å². The molecule has 0 unspecified atom stereocenters. The van der Waals surface area contributed by atoms with Gasteiger partial charge in [-0.05, 0) is 11.6 Å². The van der Waals surface area contributed by atoms with E-state index < -0.39 is 0 Å². The second-order valence-electron chi connectivity index (χ2n) is 4.17. The van der Waals surface area contributed by atoms with Gasteiger partial charge < -0.3 is 11.5 Å². The van der Waals surface area contributed by atoms with E-state index in [9.17, 15) is 0 Å². The first-order valence-electron chi connectivity index (χ1n) is 5.76. The van der Waals surface area contributed by atoms with Crippen molar-refractivity contribution in [2.75, 3.05) is 11.5 Å². The van der Waals surface area contributed by atoms with Crippen LogP contribution in [0.5, 0.6) is 0 Å². The molecule has 0 atom stereocenters. The maximum Gasteiger partial charge on any atom is 0.134 e. The Morgan fingerprint density at radius 1 is 0.778 bits per heavy atom. The van der Waals surface area contributed by atoms with Crippen molar-refractivity contribution in [2.45, 2.75) is 0 Å². The maximum atomic E-state index is 6.23. The molecule has 0 fully saturated rings. The SMILES string of the molecule is Nc1nc2ccccc2c(N)c1-c1ccccc1. The molecule has 1 aromatic heterocycles. The molecule has 18 heavy (non-hydrogen) atoms. The minimum Gasteiger partial charge on any atom is -0.398 e. The van der Waals surface area contributed by atoms with Gasteiger partial charge in [-0.2, -0.15) is 0 Å². The van der Waals surface area contributed by atoms with Gasteiger partial charge in [-0.25, -0.2) is 4.98 Å². The van der Waals surface area contributed by atoms with Gasteiger partial charge in [0.1, 0.15) is 5.82 Å². The molecule has 0 spiro atoms. The van der Waals surface area contributed by atoms with Gasteiger partial charge in [-0.15, -0.1) is 0 Å². The summed E-state index contributed by atoms with van der Waals surface area (Å²) in [5, 5.41) is 0.936. The lowest BCUT2D eigenvalue weighted by Gasteiger charge is -2.11. The molecular formula is C15H13N3. The van der Waals surface area contributed by atoms with E-state index in [1.807, 2.05) is 54.6 Å². The number of para-hydroxylation sites is 1. The van der Waals surface area contributed by atoms with Crippen LogP contribution < -0.4 is 11.5 Å². The average molecular weight is 235 g/mol. The lowest BCUT2D eigenvalue weighted by molar-refractivity contribution is 1.41. The number of nitrogens with two attached hydrogens (primary N) is 2. The third kappa shape index (κ3) is 1.57. The van der Waals surface area contributed by atoms with Crippen LogP contribution in [0.4, 0.5) is 11.5 Å². The number of hydrogen-bond donors (Lipinski definition) is 2. The number of benzene rings is 2. The molecule has 0 saturated carbocycles. The van der Waals surface area contributed by atoms with Crippen molar-refractivity contribution in [1.82, 2.24) is 4.98 Å². The zero-order chi connectivity index (χ0) is 12.5. The number of aromatic nitrogens is 1. The zero-order valence-corrected chi connectivity index (χ0v) is 9.80. The molecule has 3 aromatic rings. The highest BCUT2D eigenvalue weighted by Gasteiger charge is 2.11. The molecule has 0 aliphatic heterocycles. The Bertz CT molecular complexity index is 706. The molecule has 0 radical (unpaired) electrons. The summed E-state index contributed by atoms with van der Waals surface area (Å²) in [6.45, 7) is 0. The van der Waals surface area contributed by atoms with E-state index in [4.69, 9.17) is 11.5 Å². The van der Waals surface area contributed by atoms with E-state index in [1.54, 1.807) is 0 Å². The predicted molar refractivity (Wildman–Crippen MR) is 76.0 cm³/mol. The number of hydrogen-bond acceptors (Lipinski definition) is 3. The third-order valence-electron chi connectivity index (χ3n) is 3.02. The number of fused-ring (bicyclic) bond motifs is 1. The summed E-state index contributed by atoms with van der Waals surface area (Å²) in [4.78, 5) is 4.41. The highest BCUT2D eigenvalue weighted by Crippen LogP contribution is 2.35. The molecule has 3 heteroatoms. The number of pyridine rings is 1. The largest absolute Gasteiger partial charge is 0.398 e. The van der Waals surface area contributed by atoms with Crippen LogP contribution in [0.3, 0.4) is 0 Å². The van der Waals surface area contributed by atoms with E-state index in [0.717, 1.165) is 22.0 Å². The fraction of sp³-hybridized carbons (Fsp3) is 0. The van der Waals surface area contributed by atoms with Crippen LogP contribution >= 0.6 is 0 Å². The number of rotatable bonds is 1. The molecule has 0 aliphatic rings. The van der Waals surface area contributed by atoms with Crippen LogP contribution in [0.25, 0.3) is 22.0 Å². The molecule has 2 aromatic carbocycles. The standard InChI is InChI=1S/C15H13N3/c16-14-11-8-4-5-9-12(11)18-15(17)13(14)10-6-2-1-3-7-10/h1-9H,(H4,16,17,18). The number of nitrogen functional groups attached to an aromatic ring is 2. The number of anilines is 2. The van der Waals surface area contributed by atoms with Gasteiger partial charge in [-0.3, -0.25) is 0 Å². The molecule has 0 saturated heterocycles. The summed E-state index contributed by atoms with van der Waals surface area (Å²) in [5.41, 5.74) is 15.6. The van der Waals surface area contributed by atoms with E-state index in [-0.39, 0.29) is 0 Å². The van der Waals surface area contributed by atoms with E-state index in [0.29, 0.717) is 11.5 Å². The van der Waals surface area contributed by atoms with Crippen molar-refractivity contribution < 1.29 is 0 Å². The molecule has 88 valence electrons. The van der Waals surface area contributed by atoms with Gasteiger partial charge in [0.15, 0.2) is 0 Å². The smallest absolute Gasteiger partial charge is 0.134 e. The molecule has 0 aliphatic carbocycles. The summed E-state index contributed by atoms with van der Waals surface area (Å²) in [6, 6.07) is 17.6. The Morgan fingerprint density at radius 2 is 1.44 bits per heavy atom. The van der Waals surface area contributed by atoms with Crippen LogP contribution in [-0.2, 0) is 0 Å². The topological polar surface area (TPSA) is 64.9 Å². The fourth-order valence-corrected chi connectivity index (χ4v) is 2.17. The van der Waals surface area contributed by atoms with Crippen molar-refractivity contribution in [3.05, 3.63) is 54.6 Å². The van der Waals surface area contributed by atoms with Crippen molar-refractivity contribution in [1.29, 1.82) is 0 Å². The second kappa shape index (κ2) is 4.04. The fourth-order valence-electron chi connectivity index (χ4n) is 2.17. The molecule has 0 bridgehead atoms. The first-order chi connectivity index (χ1) is 8.77. The molecule has 4 N–H and O–H groups in total. The van der Waals surface area contributed by atoms with Crippen LogP contribution in [0.15, 0.2) is 54.6 Å². The van der Waals surface area contributed by atoms with Gasteiger partial charge in [0.05, 0.1) is 11.2 Å². The maximum absolute atomic E-state index is 6.23. The molecule has 3 nitrogen and oxygen atoms in total. The molecular weight excluding hydrogens is 222 g/mol. The Morgan fingerprint density at radius 3 is 2.22 bits per heavy atom. The van der Waals surface area contributed by atoms with Crippen molar-refractivity contribution in [2.24, 2.45) is 0 Å². The van der Waals surface area contributed by atoms with Gasteiger partial charge in [0.2, 0.25) is 0 Å². The van der Waals surface area contributed by atoms with Crippen molar-refractivity contribution in [3.63, 3.8) is 0 Å². The second-order valence-corrected chi connectivity index (χ2v) is 4.17. The van der Waals surface area contributed by atoms with Crippen LogP contribution in [-0.4, -0.2) is 4.98 Å². The van der Waals surface area contributed by atoms with Gasteiger partial charge in [-0.1, -0.05) is 48.5 Å². The summed E-state index contributed by atoms with van der Waals surface area (Å²) in [5.74, 6) is 0.470. The zero-order valence-electron chi connectivity index (χ0n) is 9.80. The Kier molecular flexibility index (Phi) is 2.38. The summed E-state index contributed by atoms with van der Waals surface area (Å²) < 4.78 is 0. The van der Waals surface area contributed by atoms with E-state index in [2.05, 4.69) is 4.98 Å². The van der Waals surface area contributed by atoms with Crippen molar-refractivity contribution >= 4 is 22.4 Å². The normalized spacial score (nSPS) is 10.7. The summed E-state index contributed by atoms with van der Waals surface area (Å²) in [7, 11) is 0. The first kappa shape index (κ1) is 10.6. The molecule has 0 amide bonds. The van der Waals surface area contributed by atoms with Crippen LogP contribution in [0, 0.1) is 0 Å². The average Bonchev–Trinajstić information content (AvgIpc) is 2.40. The summed E-state index contributed by atoms with van der Waals surface area (Å²) >= 11 is 0. The van der Waals surface area contributed by atoms with E-state index >= 15 is 0 Å². The summed E-state index contributed by atoms with van der Waals surface area (Å²) in [6.07, 6.45) is 0. The molecule has 1 heterocycles. The van der Waals surface area contributed by atoms with E-state index in [1.165, 1.54) is 0 Å². The Hall–Kier alpha value is -2.55. The number of nitrogens with zero attached hydrogens (tertiary/aromatic N) is 1. The minimum atomic E-state index is 0.470. The van der Waals surface area contributed by atoms with Crippen LogP contribution in [0.2, 0.25) is 0 Å². The Balaban J connectivity index is 2.37. The van der Waals surface area contributed by atoms with Gasteiger partial charge in [0, 0.05) is 10.9 Å². The first-order valence-corrected chi connectivity index (χ1v) is 5.76. The quantitative estimate of drug-likeness (QED) is 0.681. The van der Waals surface area contributed by atoms with Crippen LogP contribution in [0.1, 0.15) is 0 Å². The van der Waals surface area contributed by atoms with Gasteiger partial charge >= 0.3 is 0 Å². The third-order valence-corrected chi connectivity index (χ3v) is 3.02. The highest BCUT2D eigenvalue weighted by atomic mass is 14.9. The monoisotopic (exact) mass is 235 g/mol. The lowest BCUT2D eigenvalue weighted by Crippen LogP contribution is -2.00. The lowest BCUT2D eigenvalue weighted by atomic mass is 10.0. The molecule has 3 rings (SSSR count). The minimum absolute atomic E-state index is 0.470.